The number of nitrogens with one attached hydrogen (secondary N) is 1. The maximum Gasteiger partial charge on any atom is 0.407 e. The largest absolute Gasteiger partial charge is 0.466 e. The number of carbonyl (C=O) groups excluding carboxylic acids is 2. The van der Waals surface area contributed by atoms with Gasteiger partial charge in [0.2, 0.25) is 0 Å². The molecule has 0 saturated heterocycles. The van der Waals surface area contributed by atoms with Crippen molar-refractivity contribution in [2.75, 3.05) is 6.61 Å². The molecule has 6 nitrogen and oxygen atoms in total. The van der Waals surface area contributed by atoms with Gasteiger partial charge in [0.1, 0.15) is 5.60 Å². The van der Waals surface area contributed by atoms with Crippen LogP contribution in [0, 0.1) is 5.92 Å². The van der Waals surface area contributed by atoms with E-state index in [0.717, 1.165) is 0 Å². The van der Waals surface area contributed by atoms with Crippen molar-refractivity contribution in [3.63, 3.8) is 0 Å². The zero-order chi connectivity index (χ0) is 17.6. The van der Waals surface area contributed by atoms with Crippen LogP contribution >= 0.6 is 0 Å². The lowest BCUT2D eigenvalue weighted by molar-refractivity contribution is -0.149. The molecular weight excluding hydrogens is 286 g/mol. The fraction of sp³-hybridized carbons (Fsp3) is 0.875. The Labute approximate surface area is 133 Å². The number of alkyl carbamates (subject to hydrolysis) is 1. The molecule has 0 fully saturated rings. The molecule has 6 heteroatoms. The minimum absolute atomic E-state index is 0.186. The van der Waals surface area contributed by atoms with Gasteiger partial charge in [-0.2, -0.15) is 0 Å². The summed E-state index contributed by atoms with van der Waals surface area (Å²) in [7, 11) is 0. The number of hydrogen-bond donors (Lipinski definition) is 2. The maximum absolute atomic E-state index is 11.9. The summed E-state index contributed by atoms with van der Waals surface area (Å²) in [6, 6.07) is -0.605. The second-order valence-corrected chi connectivity index (χ2v) is 7.17. The van der Waals surface area contributed by atoms with E-state index < -0.39 is 29.3 Å². The Balaban J connectivity index is 4.94. The third-order valence-corrected chi connectivity index (χ3v) is 2.96. The van der Waals surface area contributed by atoms with Crippen LogP contribution in [0.4, 0.5) is 4.79 Å². The molecule has 2 N–H and O–H groups in total. The van der Waals surface area contributed by atoms with Gasteiger partial charge in [0.25, 0.3) is 0 Å². The first-order valence-electron chi connectivity index (χ1n) is 7.75. The van der Waals surface area contributed by atoms with E-state index in [0.29, 0.717) is 6.42 Å². The molecule has 0 aromatic carbocycles. The summed E-state index contributed by atoms with van der Waals surface area (Å²) in [5.74, 6) is -0.263. The van der Waals surface area contributed by atoms with Gasteiger partial charge >= 0.3 is 12.1 Å². The molecule has 0 aliphatic heterocycles. The number of aliphatic hydroxyl groups is 1. The van der Waals surface area contributed by atoms with Gasteiger partial charge in [-0.25, -0.2) is 4.79 Å². The molecule has 0 saturated carbocycles. The van der Waals surface area contributed by atoms with Crippen LogP contribution < -0.4 is 5.32 Å². The highest BCUT2D eigenvalue weighted by molar-refractivity contribution is 5.71. The Morgan fingerprint density at radius 3 is 2.14 bits per heavy atom. The molecule has 0 bridgehead atoms. The molecule has 0 aliphatic rings. The van der Waals surface area contributed by atoms with Crippen molar-refractivity contribution in [3.8, 4) is 0 Å². The molecule has 0 aromatic heterocycles. The summed E-state index contributed by atoms with van der Waals surface area (Å²) < 4.78 is 10.1. The lowest BCUT2D eigenvalue weighted by atomic mass is 9.87. The van der Waals surface area contributed by atoms with Crippen molar-refractivity contribution in [1.29, 1.82) is 0 Å². The first kappa shape index (κ1) is 20.7. The Bertz CT molecular complexity index is 371. The molecule has 2 atom stereocenters. The van der Waals surface area contributed by atoms with Gasteiger partial charge in [-0.3, -0.25) is 4.79 Å². The summed E-state index contributed by atoms with van der Waals surface area (Å²) in [6.45, 7) is 12.7. The molecule has 0 aliphatic carbocycles. The van der Waals surface area contributed by atoms with Crippen LogP contribution in [0.1, 0.15) is 61.3 Å². The van der Waals surface area contributed by atoms with E-state index in [1.807, 2.05) is 13.8 Å². The Morgan fingerprint density at radius 2 is 1.73 bits per heavy atom. The molecule has 0 heterocycles. The highest BCUT2D eigenvalue weighted by Gasteiger charge is 2.37. The molecule has 22 heavy (non-hydrogen) atoms. The third kappa shape index (κ3) is 8.87. The fourth-order valence-corrected chi connectivity index (χ4v) is 2.02. The first-order chi connectivity index (χ1) is 9.87. The molecule has 130 valence electrons. The van der Waals surface area contributed by atoms with Crippen molar-refractivity contribution in [1.82, 2.24) is 5.32 Å². The fourth-order valence-electron chi connectivity index (χ4n) is 2.02. The number of rotatable bonds is 7. The van der Waals surface area contributed by atoms with Crippen molar-refractivity contribution < 1.29 is 24.2 Å². The van der Waals surface area contributed by atoms with Crippen LogP contribution in [0.3, 0.4) is 0 Å². The van der Waals surface area contributed by atoms with Gasteiger partial charge in [0.05, 0.1) is 24.7 Å². The van der Waals surface area contributed by atoms with Crippen molar-refractivity contribution in [3.05, 3.63) is 0 Å². The van der Waals surface area contributed by atoms with E-state index in [1.165, 1.54) is 6.92 Å². The lowest BCUT2D eigenvalue weighted by Crippen LogP contribution is -2.53. The zero-order valence-electron chi connectivity index (χ0n) is 14.9. The van der Waals surface area contributed by atoms with Gasteiger partial charge < -0.3 is 19.9 Å². The van der Waals surface area contributed by atoms with Crippen LogP contribution in [-0.2, 0) is 14.3 Å². The van der Waals surface area contributed by atoms with Crippen molar-refractivity contribution in [2.24, 2.45) is 5.92 Å². The second-order valence-electron chi connectivity index (χ2n) is 7.17. The smallest absolute Gasteiger partial charge is 0.407 e. The van der Waals surface area contributed by atoms with Gasteiger partial charge in [-0.15, -0.1) is 0 Å². The van der Waals surface area contributed by atoms with Gasteiger partial charge in [0.15, 0.2) is 0 Å². The summed E-state index contributed by atoms with van der Waals surface area (Å²) in [5.41, 5.74) is -2.03. The van der Waals surface area contributed by atoms with Crippen LogP contribution in [0.5, 0.6) is 0 Å². The van der Waals surface area contributed by atoms with E-state index in [4.69, 9.17) is 9.47 Å². The average molecular weight is 317 g/mol. The number of amides is 1. The zero-order valence-corrected chi connectivity index (χ0v) is 14.9. The number of carbonyl (C=O) groups is 2. The molecule has 0 aromatic rings. The van der Waals surface area contributed by atoms with Gasteiger partial charge in [-0.05, 0) is 47.0 Å². The first-order valence-corrected chi connectivity index (χ1v) is 7.75. The molecule has 0 spiro atoms. The second kappa shape index (κ2) is 8.36. The highest BCUT2D eigenvalue weighted by atomic mass is 16.6. The van der Waals surface area contributed by atoms with Crippen LogP contribution in [0.15, 0.2) is 0 Å². The topological polar surface area (TPSA) is 84.9 Å². The van der Waals surface area contributed by atoms with Crippen LogP contribution in [-0.4, -0.2) is 41.0 Å². The predicted molar refractivity (Wildman–Crippen MR) is 84.5 cm³/mol. The average Bonchev–Trinajstić information content (AvgIpc) is 2.23. The Kier molecular flexibility index (Phi) is 7.87. The van der Waals surface area contributed by atoms with Crippen LogP contribution in [0.25, 0.3) is 0 Å². The number of hydrogen-bond acceptors (Lipinski definition) is 5. The van der Waals surface area contributed by atoms with E-state index >= 15 is 0 Å². The monoisotopic (exact) mass is 317 g/mol. The summed E-state index contributed by atoms with van der Waals surface area (Å²) >= 11 is 0. The summed E-state index contributed by atoms with van der Waals surface area (Å²) in [5, 5.41) is 13.3. The third-order valence-electron chi connectivity index (χ3n) is 2.96. The highest BCUT2D eigenvalue weighted by Crippen LogP contribution is 2.22. The Morgan fingerprint density at radius 1 is 1.18 bits per heavy atom. The quantitative estimate of drug-likeness (QED) is 0.705. The van der Waals surface area contributed by atoms with E-state index in [1.54, 1.807) is 27.7 Å². The molecule has 0 radical (unpaired) electrons. The molecular formula is C16H31NO5. The standard InChI is InChI=1S/C16H31NO5/c1-8-21-13(18)10-16(7,20)12(9-11(2)3)17-14(19)22-15(4,5)6/h11-12,20H,8-10H2,1-7H3,(H,17,19)/t12-,16-/m0/s1. The van der Waals surface area contributed by atoms with E-state index in [9.17, 15) is 14.7 Å². The normalized spacial score (nSPS) is 15.9. The van der Waals surface area contributed by atoms with Crippen molar-refractivity contribution in [2.45, 2.75) is 78.6 Å². The minimum atomic E-state index is -1.41. The minimum Gasteiger partial charge on any atom is -0.466 e. The van der Waals surface area contributed by atoms with Crippen molar-refractivity contribution >= 4 is 12.1 Å². The number of ether oxygens (including phenoxy) is 2. The SMILES string of the molecule is CCOC(=O)C[C@](C)(O)[C@H](CC(C)C)NC(=O)OC(C)(C)C. The van der Waals surface area contributed by atoms with Gasteiger partial charge in [-0.1, -0.05) is 13.8 Å². The van der Waals surface area contributed by atoms with E-state index in [2.05, 4.69) is 5.32 Å². The predicted octanol–water partition coefficient (Wildman–Crippen LogP) is 2.63. The number of esters is 1. The summed E-state index contributed by atoms with van der Waals surface area (Å²) in [6.07, 6.45) is -0.276. The molecule has 1 amide bonds. The van der Waals surface area contributed by atoms with E-state index in [-0.39, 0.29) is 18.9 Å². The Hall–Kier alpha value is -1.30. The maximum atomic E-state index is 11.9. The van der Waals surface area contributed by atoms with Crippen LogP contribution in [0.2, 0.25) is 0 Å². The molecule has 0 rings (SSSR count). The van der Waals surface area contributed by atoms with Gasteiger partial charge in [0, 0.05) is 0 Å². The lowest BCUT2D eigenvalue weighted by Gasteiger charge is -2.34. The summed E-state index contributed by atoms with van der Waals surface area (Å²) in [4.78, 5) is 23.6. The molecule has 0 unspecified atom stereocenters.